The zero-order valence-electron chi connectivity index (χ0n) is 7.56. The van der Waals surface area contributed by atoms with Crippen molar-refractivity contribution in [1.29, 1.82) is 0 Å². The molecule has 1 rings (SSSR count). The number of anilines is 1. The Bertz CT molecular complexity index is 271. The Balaban J connectivity index is 2.92. The fourth-order valence-electron chi connectivity index (χ4n) is 0.914. The highest BCUT2D eigenvalue weighted by Crippen LogP contribution is 2.23. The number of halogens is 1. The van der Waals surface area contributed by atoms with E-state index >= 15 is 0 Å². The maximum absolute atomic E-state index is 4.22. The minimum absolute atomic E-state index is 0.413. The lowest BCUT2D eigenvalue weighted by Crippen LogP contribution is -2.11. The van der Waals surface area contributed by atoms with Crippen molar-refractivity contribution in [3.63, 3.8) is 0 Å². The second kappa shape index (κ2) is 3.90. The third-order valence-corrected chi connectivity index (χ3v) is 2.51. The number of nitrogens with zero attached hydrogens (tertiary/aromatic N) is 1. The molecule has 0 aliphatic rings. The Morgan fingerprint density at radius 3 is 2.75 bits per heavy atom. The Morgan fingerprint density at radius 2 is 2.17 bits per heavy atom. The lowest BCUT2D eigenvalue weighted by Gasteiger charge is -2.11. The third kappa shape index (κ3) is 2.21. The summed E-state index contributed by atoms with van der Waals surface area (Å²) in [5.41, 5.74) is 1.20. The van der Waals surface area contributed by atoms with E-state index in [0.717, 1.165) is 10.3 Å². The molecule has 2 nitrogen and oxygen atoms in total. The number of rotatable bonds is 2. The van der Waals surface area contributed by atoms with Crippen molar-refractivity contribution in [1.82, 2.24) is 4.98 Å². The summed E-state index contributed by atoms with van der Waals surface area (Å²) in [5, 5.41) is 3.26. The molecule has 0 saturated carbocycles. The molecule has 1 N–H and O–H groups in total. The van der Waals surface area contributed by atoms with Crippen molar-refractivity contribution in [3.8, 4) is 0 Å². The molecule has 0 bridgehead atoms. The van der Waals surface area contributed by atoms with Crippen molar-refractivity contribution in [2.75, 3.05) is 5.32 Å². The summed E-state index contributed by atoms with van der Waals surface area (Å²) < 4.78 is 1.05. The summed E-state index contributed by atoms with van der Waals surface area (Å²) in [4.78, 5) is 4.22. The zero-order valence-corrected chi connectivity index (χ0v) is 9.14. The van der Waals surface area contributed by atoms with Crippen molar-refractivity contribution in [2.24, 2.45) is 0 Å². The summed E-state index contributed by atoms with van der Waals surface area (Å²) in [6, 6.07) is 2.39. The van der Waals surface area contributed by atoms with Crippen LogP contribution in [0.1, 0.15) is 19.4 Å². The SMILES string of the molecule is Cc1ccnc(NC(C)C)c1Br. The van der Waals surface area contributed by atoms with Crippen LogP contribution in [-0.4, -0.2) is 11.0 Å². The molecule has 1 aromatic heterocycles. The van der Waals surface area contributed by atoms with Gasteiger partial charge in [0.05, 0.1) is 4.47 Å². The van der Waals surface area contributed by atoms with Gasteiger partial charge >= 0.3 is 0 Å². The summed E-state index contributed by atoms with van der Waals surface area (Å²) in [5.74, 6) is 0.921. The van der Waals surface area contributed by atoms with Crippen molar-refractivity contribution in [2.45, 2.75) is 26.8 Å². The van der Waals surface area contributed by atoms with Crippen molar-refractivity contribution < 1.29 is 0 Å². The van der Waals surface area contributed by atoms with Crippen LogP contribution in [0.25, 0.3) is 0 Å². The molecule has 0 spiro atoms. The minimum atomic E-state index is 0.413. The minimum Gasteiger partial charge on any atom is -0.367 e. The first-order chi connectivity index (χ1) is 5.61. The van der Waals surface area contributed by atoms with Gasteiger partial charge in [-0.05, 0) is 48.3 Å². The highest BCUT2D eigenvalue weighted by molar-refractivity contribution is 9.10. The van der Waals surface area contributed by atoms with Crippen molar-refractivity contribution >= 4 is 21.7 Å². The Kier molecular flexibility index (Phi) is 3.09. The lowest BCUT2D eigenvalue weighted by atomic mass is 10.3. The number of aromatic nitrogens is 1. The van der Waals surface area contributed by atoms with Crippen LogP contribution in [0.3, 0.4) is 0 Å². The highest BCUT2D eigenvalue weighted by atomic mass is 79.9. The molecule has 3 heteroatoms. The van der Waals surface area contributed by atoms with Crippen LogP contribution >= 0.6 is 15.9 Å². The molecular formula is C9H13BrN2. The highest BCUT2D eigenvalue weighted by Gasteiger charge is 2.03. The molecule has 1 aromatic rings. The molecule has 0 fully saturated rings. The van der Waals surface area contributed by atoms with Gasteiger partial charge in [-0.2, -0.15) is 0 Å². The van der Waals surface area contributed by atoms with E-state index in [2.05, 4.69) is 47.0 Å². The second-order valence-corrected chi connectivity index (χ2v) is 3.88. The van der Waals surface area contributed by atoms with Gasteiger partial charge in [0.15, 0.2) is 0 Å². The van der Waals surface area contributed by atoms with Crippen LogP contribution in [0, 0.1) is 6.92 Å². The molecule has 0 aromatic carbocycles. The molecular weight excluding hydrogens is 216 g/mol. The van der Waals surface area contributed by atoms with Crippen LogP contribution in [0.4, 0.5) is 5.82 Å². The van der Waals surface area contributed by atoms with Gasteiger partial charge in [0.1, 0.15) is 5.82 Å². The molecule has 0 unspecified atom stereocenters. The number of hydrogen-bond donors (Lipinski definition) is 1. The molecule has 0 aliphatic carbocycles. The maximum Gasteiger partial charge on any atom is 0.140 e. The van der Waals surface area contributed by atoms with Gasteiger partial charge in [-0.15, -0.1) is 0 Å². The quantitative estimate of drug-likeness (QED) is 0.843. The second-order valence-electron chi connectivity index (χ2n) is 3.09. The molecule has 66 valence electrons. The van der Waals surface area contributed by atoms with Crippen molar-refractivity contribution in [3.05, 3.63) is 22.3 Å². The summed E-state index contributed by atoms with van der Waals surface area (Å²) in [6.07, 6.45) is 1.81. The fraction of sp³-hybridized carbons (Fsp3) is 0.444. The van der Waals surface area contributed by atoms with E-state index in [9.17, 15) is 0 Å². The first-order valence-electron chi connectivity index (χ1n) is 3.99. The molecule has 0 aliphatic heterocycles. The standard InChI is InChI=1S/C9H13BrN2/c1-6(2)12-9-8(10)7(3)4-5-11-9/h4-6H,1-3H3,(H,11,12). The van der Waals surface area contributed by atoms with Crippen LogP contribution < -0.4 is 5.32 Å². The van der Waals surface area contributed by atoms with E-state index in [1.807, 2.05) is 12.3 Å². The van der Waals surface area contributed by atoms with E-state index in [-0.39, 0.29) is 0 Å². The Morgan fingerprint density at radius 1 is 1.50 bits per heavy atom. The molecule has 0 saturated heterocycles. The number of nitrogens with one attached hydrogen (secondary N) is 1. The van der Waals surface area contributed by atoms with Crippen LogP contribution in [0.2, 0.25) is 0 Å². The monoisotopic (exact) mass is 228 g/mol. The van der Waals surface area contributed by atoms with Crippen LogP contribution in [0.15, 0.2) is 16.7 Å². The Hall–Kier alpha value is -0.570. The Labute approximate surface area is 81.5 Å². The van der Waals surface area contributed by atoms with Gasteiger partial charge in [-0.25, -0.2) is 4.98 Å². The molecule has 0 amide bonds. The number of aryl methyl sites for hydroxylation is 1. The third-order valence-electron chi connectivity index (χ3n) is 1.51. The first kappa shape index (κ1) is 9.52. The largest absolute Gasteiger partial charge is 0.367 e. The summed E-state index contributed by atoms with van der Waals surface area (Å²) >= 11 is 3.48. The van der Waals surface area contributed by atoms with Gasteiger partial charge in [0.2, 0.25) is 0 Å². The van der Waals surface area contributed by atoms with Gasteiger partial charge in [0.25, 0.3) is 0 Å². The first-order valence-corrected chi connectivity index (χ1v) is 4.78. The predicted molar refractivity (Wildman–Crippen MR) is 55.4 cm³/mol. The number of pyridine rings is 1. The maximum atomic E-state index is 4.22. The summed E-state index contributed by atoms with van der Waals surface area (Å²) in [6.45, 7) is 6.24. The van der Waals surface area contributed by atoms with Gasteiger partial charge < -0.3 is 5.32 Å². The molecule has 1 heterocycles. The van der Waals surface area contributed by atoms with Gasteiger partial charge in [0, 0.05) is 12.2 Å². The molecule has 12 heavy (non-hydrogen) atoms. The average molecular weight is 229 g/mol. The van der Waals surface area contributed by atoms with E-state index in [1.165, 1.54) is 5.56 Å². The predicted octanol–water partition coefficient (Wildman–Crippen LogP) is 2.97. The topological polar surface area (TPSA) is 24.9 Å². The summed E-state index contributed by atoms with van der Waals surface area (Å²) in [7, 11) is 0. The van der Waals surface area contributed by atoms with E-state index in [4.69, 9.17) is 0 Å². The van der Waals surface area contributed by atoms with Crippen LogP contribution in [0.5, 0.6) is 0 Å². The lowest BCUT2D eigenvalue weighted by molar-refractivity contribution is 0.886. The van der Waals surface area contributed by atoms with E-state index < -0.39 is 0 Å². The normalized spacial score (nSPS) is 10.4. The van der Waals surface area contributed by atoms with Gasteiger partial charge in [-0.1, -0.05) is 0 Å². The number of hydrogen-bond acceptors (Lipinski definition) is 2. The molecule has 0 atom stereocenters. The van der Waals surface area contributed by atoms with Crippen LogP contribution in [-0.2, 0) is 0 Å². The molecule has 0 radical (unpaired) electrons. The average Bonchev–Trinajstić information content (AvgIpc) is 1.98. The van der Waals surface area contributed by atoms with E-state index in [1.54, 1.807) is 0 Å². The van der Waals surface area contributed by atoms with E-state index in [0.29, 0.717) is 6.04 Å². The van der Waals surface area contributed by atoms with Gasteiger partial charge in [-0.3, -0.25) is 0 Å². The smallest absolute Gasteiger partial charge is 0.140 e. The fourth-order valence-corrected chi connectivity index (χ4v) is 1.26. The zero-order chi connectivity index (χ0) is 9.14.